The summed E-state index contributed by atoms with van der Waals surface area (Å²) in [5, 5.41) is 9.04. The molecule has 0 aliphatic heterocycles. The molecule has 0 heterocycles. The summed E-state index contributed by atoms with van der Waals surface area (Å²) in [6.07, 6.45) is 1.26. The van der Waals surface area contributed by atoms with E-state index in [1.807, 2.05) is 32.0 Å². The quantitative estimate of drug-likeness (QED) is 0.779. The lowest BCUT2D eigenvalue weighted by molar-refractivity contribution is -0.145. The minimum Gasteiger partial charge on any atom is -0.479 e. The molecule has 0 fully saturated rings. The predicted octanol–water partition coefficient (Wildman–Crippen LogP) is 2.21. The second-order valence-electron chi connectivity index (χ2n) is 4.56. The number of ether oxygens (including phenoxy) is 1. The van der Waals surface area contributed by atoms with Crippen LogP contribution in [0.5, 0.6) is 5.75 Å². The van der Waals surface area contributed by atoms with Gasteiger partial charge in [0.05, 0.1) is 0 Å². The van der Waals surface area contributed by atoms with Crippen molar-refractivity contribution < 1.29 is 14.6 Å². The highest BCUT2D eigenvalue weighted by Gasteiger charge is 2.18. The van der Waals surface area contributed by atoms with Crippen LogP contribution in [0.1, 0.15) is 32.3 Å². The van der Waals surface area contributed by atoms with Gasteiger partial charge in [0, 0.05) is 6.04 Å². The Balaban J connectivity index is 2.73. The van der Waals surface area contributed by atoms with Crippen LogP contribution in [0.4, 0.5) is 0 Å². The molecule has 0 aliphatic rings. The van der Waals surface area contributed by atoms with Gasteiger partial charge in [-0.2, -0.15) is 0 Å². The molecule has 0 bridgehead atoms. The average Bonchev–Trinajstić information content (AvgIpc) is 2.28. The third-order valence-electron chi connectivity index (χ3n) is 2.56. The zero-order chi connectivity index (χ0) is 13.5. The number of benzene rings is 1. The van der Waals surface area contributed by atoms with E-state index in [0.717, 1.165) is 18.4 Å². The summed E-state index contributed by atoms with van der Waals surface area (Å²) in [5.74, 6) is -0.330. The first-order chi connectivity index (χ1) is 8.52. The van der Waals surface area contributed by atoms with E-state index in [4.69, 9.17) is 15.6 Å². The molecule has 0 saturated carbocycles. The third kappa shape index (κ3) is 4.75. The van der Waals surface area contributed by atoms with E-state index in [1.165, 1.54) is 0 Å². The van der Waals surface area contributed by atoms with Gasteiger partial charge >= 0.3 is 5.97 Å². The molecule has 100 valence electrons. The van der Waals surface area contributed by atoms with Crippen LogP contribution in [-0.2, 0) is 11.2 Å². The van der Waals surface area contributed by atoms with Crippen molar-refractivity contribution in [3.05, 3.63) is 29.8 Å². The van der Waals surface area contributed by atoms with E-state index >= 15 is 0 Å². The smallest absolute Gasteiger partial charge is 0.344 e. The summed E-state index contributed by atoms with van der Waals surface area (Å²) in [4.78, 5) is 11.0. The van der Waals surface area contributed by atoms with Crippen LogP contribution < -0.4 is 10.5 Å². The van der Waals surface area contributed by atoms with E-state index < -0.39 is 12.1 Å². The van der Waals surface area contributed by atoms with Crippen LogP contribution in [0.3, 0.4) is 0 Å². The van der Waals surface area contributed by atoms with Crippen molar-refractivity contribution in [2.24, 2.45) is 5.73 Å². The molecular weight excluding hydrogens is 230 g/mol. The van der Waals surface area contributed by atoms with Gasteiger partial charge in [0.15, 0.2) is 6.10 Å². The highest BCUT2D eigenvalue weighted by atomic mass is 16.5. The van der Waals surface area contributed by atoms with Crippen LogP contribution >= 0.6 is 0 Å². The van der Waals surface area contributed by atoms with Gasteiger partial charge in [-0.1, -0.05) is 25.5 Å². The number of aliphatic carboxylic acids is 1. The lowest BCUT2D eigenvalue weighted by atomic mass is 10.1. The van der Waals surface area contributed by atoms with Gasteiger partial charge in [0.1, 0.15) is 5.75 Å². The minimum atomic E-state index is -0.922. The molecule has 1 aromatic carbocycles. The molecule has 2 unspecified atom stereocenters. The van der Waals surface area contributed by atoms with E-state index in [1.54, 1.807) is 6.07 Å². The second kappa shape index (κ2) is 7.01. The molecule has 1 rings (SSSR count). The zero-order valence-electron chi connectivity index (χ0n) is 10.9. The van der Waals surface area contributed by atoms with Gasteiger partial charge in [-0.3, -0.25) is 0 Å². The fourth-order valence-electron chi connectivity index (χ4n) is 1.78. The van der Waals surface area contributed by atoms with Crippen LogP contribution in [0.2, 0.25) is 0 Å². The summed E-state index contributed by atoms with van der Waals surface area (Å²) in [6.45, 7) is 3.87. The summed E-state index contributed by atoms with van der Waals surface area (Å²) in [6, 6.07) is 7.53. The van der Waals surface area contributed by atoms with E-state index in [-0.39, 0.29) is 6.04 Å². The third-order valence-corrected chi connectivity index (χ3v) is 2.56. The van der Waals surface area contributed by atoms with Crippen molar-refractivity contribution in [3.8, 4) is 5.75 Å². The van der Waals surface area contributed by atoms with E-state index in [9.17, 15) is 4.79 Å². The number of hydrogen-bond acceptors (Lipinski definition) is 3. The average molecular weight is 251 g/mol. The number of carbonyl (C=O) groups is 1. The zero-order valence-corrected chi connectivity index (χ0v) is 10.9. The minimum absolute atomic E-state index is 0.0752. The van der Waals surface area contributed by atoms with Gasteiger partial charge in [-0.05, 0) is 37.5 Å². The Morgan fingerprint density at radius 3 is 2.78 bits per heavy atom. The fraction of sp³-hybridized carbons (Fsp3) is 0.500. The molecule has 3 N–H and O–H groups in total. The number of carboxylic acids is 1. The fourth-order valence-corrected chi connectivity index (χ4v) is 1.78. The maximum Gasteiger partial charge on any atom is 0.344 e. The Bertz CT molecular complexity index is 390. The topological polar surface area (TPSA) is 72.5 Å². The highest BCUT2D eigenvalue weighted by molar-refractivity contribution is 5.72. The van der Waals surface area contributed by atoms with Gasteiger partial charge in [0.2, 0.25) is 0 Å². The Morgan fingerprint density at radius 1 is 1.50 bits per heavy atom. The Morgan fingerprint density at radius 2 is 2.22 bits per heavy atom. The maximum atomic E-state index is 11.0. The SMILES string of the molecule is CCCC(Oc1cccc(CC(C)N)c1)C(=O)O. The lowest BCUT2D eigenvalue weighted by Crippen LogP contribution is -2.26. The molecule has 4 heteroatoms. The van der Waals surface area contributed by atoms with E-state index in [2.05, 4.69) is 0 Å². The number of rotatable bonds is 7. The Hall–Kier alpha value is -1.55. The first-order valence-corrected chi connectivity index (χ1v) is 6.27. The molecule has 0 amide bonds. The van der Waals surface area contributed by atoms with Crippen LogP contribution in [-0.4, -0.2) is 23.2 Å². The molecule has 18 heavy (non-hydrogen) atoms. The van der Waals surface area contributed by atoms with Crippen molar-refractivity contribution in [1.82, 2.24) is 0 Å². The van der Waals surface area contributed by atoms with Crippen molar-refractivity contribution >= 4 is 5.97 Å². The first-order valence-electron chi connectivity index (χ1n) is 6.27. The molecule has 0 radical (unpaired) electrons. The van der Waals surface area contributed by atoms with Gasteiger partial charge in [0.25, 0.3) is 0 Å². The molecule has 4 nitrogen and oxygen atoms in total. The molecule has 0 aliphatic carbocycles. The van der Waals surface area contributed by atoms with Gasteiger partial charge in [-0.25, -0.2) is 4.79 Å². The Labute approximate surface area is 108 Å². The standard InChI is InChI=1S/C14H21NO3/c1-3-5-13(14(16)17)18-12-7-4-6-11(9-12)8-10(2)15/h4,6-7,9-10,13H,3,5,8,15H2,1-2H3,(H,16,17). The van der Waals surface area contributed by atoms with Crippen molar-refractivity contribution in [2.45, 2.75) is 45.3 Å². The lowest BCUT2D eigenvalue weighted by Gasteiger charge is -2.15. The van der Waals surface area contributed by atoms with Crippen molar-refractivity contribution in [3.63, 3.8) is 0 Å². The molecule has 2 atom stereocenters. The number of carboxylic acid groups (broad SMARTS) is 1. The van der Waals surface area contributed by atoms with Gasteiger partial charge < -0.3 is 15.6 Å². The molecule has 0 aromatic heterocycles. The number of nitrogens with two attached hydrogens (primary N) is 1. The first kappa shape index (κ1) is 14.5. The normalized spacial score (nSPS) is 13.9. The summed E-state index contributed by atoms with van der Waals surface area (Å²) < 4.78 is 5.50. The van der Waals surface area contributed by atoms with Crippen LogP contribution in [0, 0.1) is 0 Å². The predicted molar refractivity (Wildman–Crippen MR) is 70.8 cm³/mol. The van der Waals surface area contributed by atoms with Crippen molar-refractivity contribution in [1.29, 1.82) is 0 Å². The summed E-state index contributed by atoms with van der Waals surface area (Å²) in [5.41, 5.74) is 6.80. The maximum absolute atomic E-state index is 11.0. The number of hydrogen-bond donors (Lipinski definition) is 2. The monoisotopic (exact) mass is 251 g/mol. The largest absolute Gasteiger partial charge is 0.479 e. The van der Waals surface area contributed by atoms with E-state index in [0.29, 0.717) is 12.2 Å². The van der Waals surface area contributed by atoms with Crippen LogP contribution in [0.25, 0.3) is 0 Å². The summed E-state index contributed by atoms with van der Waals surface area (Å²) >= 11 is 0. The summed E-state index contributed by atoms with van der Waals surface area (Å²) in [7, 11) is 0. The molecular formula is C14H21NO3. The van der Waals surface area contributed by atoms with Gasteiger partial charge in [-0.15, -0.1) is 0 Å². The van der Waals surface area contributed by atoms with Crippen molar-refractivity contribution in [2.75, 3.05) is 0 Å². The van der Waals surface area contributed by atoms with Crippen LogP contribution in [0.15, 0.2) is 24.3 Å². The molecule has 0 saturated heterocycles. The Kier molecular flexibility index (Phi) is 5.65. The molecule has 0 spiro atoms. The second-order valence-corrected chi connectivity index (χ2v) is 4.56. The highest BCUT2D eigenvalue weighted by Crippen LogP contribution is 2.17. The molecule has 1 aromatic rings.